The van der Waals surface area contributed by atoms with Crippen LogP contribution in [-0.2, 0) is 6.18 Å². The van der Waals surface area contributed by atoms with Crippen LogP contribution in [-0.4, -0.2) is 34.9 Å². The van der Waals surface area contributed by atoms with Crippen LogP contribution in [0.4, 0.5) is 23.2 Å². The van der Waals surface area contributed by atoms with Crippen LogP contribution in [0.25, 0.3) is 11.3 Å². The van der Waals surface area contributed by atoms with Gasteiger partial charge in [-0.3, -0.25) is 4.90 Å². The molecule has 2 aromatic carbocycles. The summed E-state index contributed by atoms with van der Waals surface area (Å²) in [5.41, 5.74) is 3.08. The second-order valence-electron chi connectivity index (χ2n) is 7.30. The predicted octanol–water partition coefficient (Wildman–Crippen LogP) is 5.17. The third-order valence-electron chi connectivity index (χ3n) is 5.16. The first-order valence-electron chi connectivity index (χ1n) is 9.37. The minimum absolute atomic E-state index is 0.337. The summed E-state index contributed by atoms with van der Waals surface area (Å²) >= 11 is 0. The maximum atomic E-state index is 13.3. The van der Waals surface area contributed by atoms with Crippen LogP contribution < -0.4 is 4.90 Å². The Morgan fingerprint density at radius 2 is 1.70 bits per heavy atom. The van der Waals surface area contributed by atoms with Crippen LogP contribution in [0.3, 0.4) is 0 Å². The van der Waals surface area contributed by atoms with Gasteiger partial charge in [0.25, 0.3) is 0 Å². The summed E-state index contributed by atoms with van der Waals surface area (Å²) in [6, 6.07) is 13.2. The largest absolute Gasteiger partial charge is 0.416 e. The molecule has 0 unspecified atom stereocenters. The first-order chi connectivity index (χ1) is 14.2. The molecule has 1 aromatic heterocycles. The molecule has 1 aliphatic heterocycles. The van der Waals surface area contributed by atoms with E-state index in [0.717, 1.165) is 29.1 Å². The highest BCUT2D eigenvalue weighted by atomic mass is 19.4. The van der Waals surface area contributed by atoms with E-state index in [4.69, 9.17) is 0 Å². The summed E-state index contributed by atoms with van der Waals surface area (Å²) in [7, 11) is 1.91. The number of hydrogen-bond donors (Lipinski definition) is 0. The highest BCUT2D eigenvalue weighted by Crippen LogP contribution is 2.35. The van der Waals surface area contributed by atoms with Crippen molar-refractivity contribution in [2.45, 2.75) is 13.1 Å². The molecule has 0 fully saturated rings. The third kappa shape index (κ3) is 3.82. The Kier molecular flexibility index (Phi) is 5.11. The number of allylic oxidation sites excluding steroid dienone is 1. The van der Waals surface area contributed by atoms with Crippen LogP contribution in [0.2, 0.25) is 0 Å². The molecule has 0 saturated carbocycles. The molecule has 4 rings (SSSR count). The summed E-state index contributed by atoms with van der Waals surface area (Å²) in [6.45, 7) is 2.96. The van der Waals surface area contributed by atoms with Crippen LogP contribution in [0.1, 0.15) is 18.2 Å². The van der Waals surface area contributed by atoms with Crippen molar-refractivity contribution in [3.05, 3.63) is 83.6 Å². The zero-order chi connectivity index (χ0) is 21.5. The molecular formula is C22H20F4N4. The monoisotopic (exact) mass is 416 g/mol. The van der Waals surface area contributed by atoms with Gasteiger partial charge in [0.1, 0.15) is 5.82 Å². The highest BCUT2D eigenvalue weighted by molar-refractivity contribution is 5.74. The van der Waals surface area contributed by atoms with Crippen molar-refractivity contribution in [2.75, 3.05) is 25.2 Å². The lowest BCUT2D eigenvalue weighted by molar-refractivity contribution is -0.137. The van der Waals surface area contributed by atoms with Crippen molar-refractivity contribution in [1.82, 2.24) is 14.7 Å². The van der Waals surface area contributed by atoms with Gasteiger partial charge in [-0.25, -0.2) is 9.07 Å². The van der Waals surface area contributed by atoms with E-state index >= 15 is 0 Å². The van der Waals surface area contributed by atoms with Crippen molar-refractivity contribution < 1.29 is 17.6 Å². The summed E-state index contributed by atoms with van der Waals surface area (Å²) in [4.78, 5) is 3.88. The average Bonchev–Trinajstić information content (AvgIpc) is 3.19. The van der Waals surface area contributed by atoms with Crippen LogP contribution in [0.15, 0.2) is 66.5 Å². The lowest BCUT2D eigenvalue weighted by Gasteiger charge is -2.37. The van der Waals surface area contributed by atoms with E-state index in [9.17, 15) is 17.6 Å². The lowest BCUT2D eigenvalue weighted by Crippen LogP contribution is -2.41. The van der Waals surface area contributed by atoms with Gasteiger partial charge in [-0.1, -0.05) is 6.07 Å². The second-order valence-corrected chi connectivity index (χ2v) is 7.30. The van der Waals surface area contributed by atoms with E-state index in [-0.39, 0.29) is 5.82 Å². The Morgan fingerprint density at radius 3 is 2.40 bits per heavy atom. The van der Waals surface area contributed by atoms with Gasteiger partial charge in [-0.15, -0.1) is 0 Å². The van der Waals surface area contributed by atoms with Crippen molar-refractivity contribution in [1.29, 1.82) is 0 Å². The molecule has 0 radical (unpaired) electrons. The summed E-state index contributed by atoms with van der Waals surface area (Å²) in [5, 5.41) is 4.37. The van der Waals surface area contributed by atoms with Gasteiger partial charge in [0.15, 0.2) is 0 Å². The topological polar surface area (TPSA) is 24.3 Å². The molecule has 2 heterocycles. The first kappa shape index (κ1) is 20.2. The first-order valence-corrected chi connectivity index (χ1v) is 9.37. The summed E-state index contributed by atoms with van der Waals surface area (Å²) in [6.07, 6.45) is -2.75. The maximum Gasteiger partial charge on any atom is 0.416 e. The number of nitrogens with zero attached hydrogens (tertiary/aromatic N) is 4. The summed E-state index contributed by atoms with van der Waals surface area (Å²) < 4.78 is 54.6. The number of aromatic nitrogens is 2. The fraction of sp³-hybridized carbons (Fsp3) is 0.227. The third-order valence-corrected chi connectivity index (χ3v) is 5.16. The fourth-order valence-corrected chi connectivity index (χ4v) is 3.66. The molecule has 1 aliphatic rings. The number of likely N-dealkylation sites (N-methyl/N-ethyl adjacent to an activating group) is 1. The number of benzene rings is 2. The minimum atomic E-state index is -4.40. The van der Waals surface area contributed by atoms with Gasteiger partial charge in [-0.2, -0.15) is 18.3 Å². The van der Waals surface area contributed by atoms with Gasteiger partial charge in [0, 0.05) is 23.5 Å². The molecule has 30 heavy (non-hydrogen) atoms. The van der Waals surface area contributed by atoms with Gasteiger partial charge >= 0.3 is 6.18 Å². The molecule has 0 N–H and O–H groups in total. The summed E-state index contributed by atoms with van der Waals surface area (Å²) in [5.74, 6) is -0.337. The van der Waals surface area contributed by atoms with Crippen LogP contribution in [0.5, 0.6) is 0 Å². The normalized spacial score (nSPS) is 15.7. The Hall–Kier alpha value is -3.13. The number of alkyl halides is 3. The van der Waals surface area contributed by atoms with Gasteiger partial charge in [-0.05, 0) is 62.5 Å². The molecule has 0 spiro atoms. The van der Waals surface area contributed by atoms with Crippen molar-refractivity contribution in [3.8, 4) is 5.69 Å². The Bertz CT molecular complexity index is 1080. The van der Waals surface area contributed by atoms with Gasteiger partial charge in [0.2, 0.25) is 0 Å². The Morgan fingerprint density at radius 1 is 0.967 bits per heavy atom. The van der Waals surface area contributed by atoms with Crippen molar-refractivity contribution in [2.24, 2.45) is 0 Å². The molecule has 4 nitrogen and oxygen atoms in total. The van der Waals surface area contributed by atoms with Crippen molar-refractivity contribution >= 4 is 11.3 Å². The molecule has 0 aliphatic carbocycles. The molecule has 156 valence electrons. The van der Waals surface area contributed by atoms with E-state index in [1.165, 1.54) is 18.2 Å². The fourth-order valence-electron chi connectivity index (χ4n) is 3.66. The maximum absolute atomic E-state index is 13.3. The Balaban J connectivity index is 1.78. The lowest BCUT2D eigenvalue weighted by atomic mass is 10.1. The van der Waals surface area contributed by atoms with Crippen molar-refractivity contribution in [3.63, 3.8) is 0 Å². The van der Waals surface area contributed by atoms with E-state index < -0.39 is 11.7 Å². The zero-order valence-electron chi connectivity index (χ0n) is 16.5. The molecule has 3 aromatic rings. The molecule has 0 atom stereocenters. The molecule has 0 saturated heterocycles. The SMILES string of the molecule is CC1=C(c2ccnn2-c2ccc(F)cc2)CN(C)CN1c1cccc(C(F)(F)F)c1. The van der Waals surface area contributed by atoms with E-state index in [2.05, 4.69) is 5.10 Å². The number of hydrogen-bond acceptors (Lipinski definition) is 3. The van der Waals surface area contributed by atoms with E-state index in [1.54, 1.807) is 29.1 Å². The number of halogens is 4. The molecule has 0 bridgehead atoms. The standard InChI is InChI=1S/C22H20F4N4/c1-15-20(21-10-11-27-30(21)18-8-6-17(23)7-9-18)13-28(2)14-29(15)19-5-3-4-16(12-19)22(24,25)26/h3-12H,13-14H2,1-2H3. The smallest absolute Gasteiger partial charge is 0.332 e. The minimum Gasteiger partial charge on any atom is -0.332 e. The zero-order valence-corrected chi connectivity index (χ0v) is 16.5. The molecule has 8 heteroatoms. The van der Waals surface area contributed by atoms with E-state index in [1.807, 2.05) is 29.8 Å². The Labute approximate surface area is 171 Å². The second kappa shape index (κ2) is 7.60. The molecular weight excluding hydrogens is 396 g/mol. The van der Waals surface area contributed by atoms with Gasteiger partial charge in [0.05, 0.1) is 29.8 Å². The molecule has 0 amide bonds. The van der Waals surface area contributed by atoms with E-state index in [0.29, 0.717) is 24.6 Å². The number of anilines is 1. The van der Waals surface area contributed by atoms with Crippen LogP contribution >= 0.6 is 0 Å². The predicted molar refractivity (Wildman–Crippen MR) is 108 cm³/mol. The van der Waals surface area contributed by atoms with Gasteiger partial charge < -0.3 is 4.90 Å². The quantitative estimate of drug-likeness (QED) is 0.551. The average molecular weight is 416 g/mol. The van der Waals surface area contributed by atoms with Crippen LogP contribution in [0, 0.1) is 5.82 Å². The highest BCUT2D eigenvalue weighted by Gasteiger charge is 2.32. The number of rotatable bonds is 3.